The van der Waals surface area contributed by atoms with Gasteiger partial charge in [-0.15, -0.1) is 10.2 Å². The van der Waals surface area contributed by atoms with E-state index >= 15 is 0 Å². The molecule has 3 N–H and O–H groups in total. The van der Waals surface area contributed by atoms with Gasteiger partial charge in [0.25, 0.3) is 0 Å². The molecule has 4 rings (SSSR count). The molecule has 1 atom stereocenters. The van der Waals surface area contributed by atoms with Crippen LogP contribution in [0.3, 0.4) is 0 Å². The number of benzene rings is 3. The number of hydrogen-bond acceptors (Lipinski definition) is 5. The first-order chi connectivity index (χ1) is 20.0. The summed E-state index contributed by atoms with van der Waals surface area (Å²) < 4.78 is 5.40. The van der Waals surface area contributed by atoms with Crippen molar-refractivity contribution in [1.82, 2.24) is 4.98 Å². The monoisotopic (exact) mass is 543 g/mol. The average molecular weight is 542 g/mol. The maximum absolute atomic E-state index is 13.3. The second kappa shape index (κ2) is 11.9. The van der Waals surface area contributed by atoms with E-state index in [0.29, 0.717) is 11.3 Å². The number of nitrogens with two attached hydrogens (primary N) is 1. The van der Waals surface area contributed by atoms with Gasteiger partial charge in [0.05, 0.1) is 65.9 Å². The normalized spacial score (nSPS) is 13.6. The molecule has 0 saturated heterocycles. The Balaban J connectivity index is 1.55. The molecule has 190 valence electrons. The molecule has 0 saturated carbocycles. The van der Waals surface area contributed by atoms with Crippen LogP contribution in [0.2, 0.25) is 0 Å². The number of ether oxygens (including phenoxy) is 1. The van der Waals surface area contributed by atoms with Crippen molar-refractivity contribution in [2.45, 2.75) is 20.9 Å². The number of hydrogen-bond donors (Lipinski definition) is 2. The molecule has 43 heavy (non-hydrogen) atoms. The molecule has 4 aromatic rings. The van der Waals surface area contributed by atoms with Gasteiger partial charge in [-0.2, -0.15) is 0 Å². The zero-order chi connectivity index (χ0) is 31.8. The van der Waals surface area contributed by atoms with E-state index < -0.39 is 32.8 Å². The van der Waals surface area contributed by atoms with E-state index in [4.69, 9.17) is 81.1 Å². The van der Waals surface area contributed by atoms with Crippen molar-refractivity contribution in [2.75, 3.05) is 11.9 Å². The number of carbonyl (C=O) groups is 2. The summed E-state index contributed by atoms with van der Waals surface area (Å²) in [6, 6.07) is 17.0. The summed E-state index contributed by atoms with van der Waals surface area (Å²) in [5.41, 5.74) is 6.97. The number of nitrogens with one attached hydrogen (secondary N) is 1. The first-order valence-electron chi connectivity index (χ1n) is 12.9. The van der Waals surface area contributed by atoms with Crippen LogP contribution >= 0.6 is 0 Å². The first-order valence-corrected chi connectivity index (χ1v) is 12.9. The Labute approximate surface area is 263 Å². The van der Waals surface area contributed by atoms with Gasteiger partial charge in [0.2, 0.25) is 5.91 Å². The van der Waals surface area contributed by atoms with Crippen molar-refractivity contribution in [2.24, 2.45) is 5.73 Å². The molecule has 3 aromatic carbocycles. The molecule has 1 aromatic heterocycles. The molecule has 0 aliphatic carbocycles. The molecular formula is C28H18B9N3O3. The van der Waals surface area contributed by atoms with Crippen molar-refractivity contribution in [3.63, 3.8) is 0 Å². The summed E-state index contributed by atoms with van der Waals surface area (Å²) >= 11 is 0. The van der Waals surface area contributed by atoms with Crippen LogP contribution < -0.4 is 11.1 Å². The van der Waals surface area contributed by atoms with E-state index in [-0.39, 0.29) is 28.8 Å². The summed E-state index contributed by atoms with van der Waals surface area (Å²) in [4.78, 5) is 30.5. The highest BCUT2D eigenvalue weighted by Crippen LogP contribution is 2.30. The van der Waals surface area contributed by atoms with Crippen molar-refractivity contribution < 1.29 is 14.3 Å². The van der Waals surface area contributed by atoms with Gasteiger partial charge in [0.15, 0.2) is 0 Å². The fraction of sp³-hybridized carbons (Fsp3) is 0.179. The predicted octanol–water partition coefficient (Wildman–Crippen LogP) is -0.268. The second-order valence-corrected chi connectivity index (χ2v) is 10.5. The molecule has 0 aliphatic heterocycles. The molecule has 6 nitrogen and oxygen atoms in total. The van der Waals surface area contributed by atoms with E-state index in [9.17, 15) is 9.59 Å². The van der Waals surface area contributed by atoms with E-state index in [2.05, 4.69) is 10.3 Å². The van der Waals surface area contributed by atoms with E-state index in [1.165, 1.54) is 42.5 Å². The molecule has 0 aliphatic rings. The lowest BCUT2D eigenvalue weighted by atomic mass is 9.37. The largest absolute Gasteiger partial charge is 0.471 e. The lowest BCUT2D eigenvalue weighted by Gasteiger charge is -2.32. The topological polar surface area (TPSA) is 94.3 Å². The lowest BCUT2D eigenvalue weighted by molar-refractivity contribution is -0.118. The molecule has 1 unspecified atom stereocenters. The van der Waals surface area contributed by atoms with Gasteiger partial charge in [0.1, 0.15) is 15.7 Å². The number of carbonyl (C=O) groups excluding carboxylic acids is 2. The number of fused-ring (bicyclic) bond motifs is 1. The number of amides is 1. The molecule has 1 heterocycles. The number of esters is 1. The van der Waals surface area contributed by atoms with Gasteiger partial charge in [-0.3, -0.25) is 9.78 Å². The van der Waals surface area contributed by atoms with Gasteiger partial charge < -0.3 is 15.8 Å². The van der Waals surface area contributed by atoms with Gasteiger partial charge in [0, 0.05) is 35.3 Å². The first kappa shape index (κ1) is 32.5. The fourth-order valence-electron chi connectivity index (χ4n) is 4.39. The van der Waals surface area contributed by atoms with Crippen LogP contribution in [0.5, 0.6) is 0 Å². The quantitative estimate of drug-likeness (QED) is 0.225. The van der Waals surface area contributed by atoms with E-state index in [0.717, 1.165) is 10.8 Å². The van der Waals surface area contributed by atoms with Crippen molar-refractivity contribution in [1.29, 1.82) is 0 Å². The number of aromatic nitrogens is 1. The standard InChI is InChI=1S/C28H18B9N3O3/c29-25(14-38,24(42)40-20-7-1-16-13-39-10-9-15(16)11-20)17-2-4-18(5-3-17)28(36,37)43-23(41)21-8-6-19(26(30,31)32)12-22(21)27(33,34)35/h1-13H,14,38H2,(H,40,42). The van der Waals surface area contributed by atoms with Gasteiger partial charge in [-0.1, -0.05) is 53.6 Å². The number of nitrogens with zero attached hydrogens (tertiary/aromatic N) is 1. The maximum atomic E-state index is 13.3. The zero-order valence-corrected chi connectivity index (χ0v) is 23.2. The summed E-state index contributed by atoms with van der Waals surface area (Å²) in [6.45, 7) is -0.228. The number of rotatable bonds is 9. The van der Waals surface area contributed by atoms with Gasteiger partial charge in [-0.25, -0.2) is 4.79 Å². The van der Waals surface area contributed by atoms with Crippen LogP contribution in [-0.4, -0.2) is 94.0 Å². The summed E-state index contributed by atoms with van der Waals surface area (Å²) in [5, 5.41) is -2.93. The predicted molar refractivity (Wildman–Crippen MR) is 176 cm³/mol. The van der Waals surface area contributed by atoms with Crippen LogP contribution in [-0.2, 0) is 30.5 Å². The Kier molecular flexibility index (Phi) is 9.00. The molecule has 15 heteroatoms. The van der Waals surface area contributed by atoms with Gasteiger partial charge >= 0.3 is 5.97 Å². The van der Waals surface area contributed by atoms with Crippen LogP contribution in [0.1, 0.15) is 32.6 Å². The van der Waals surface area contributed by atoms with Crippen LogP contribution in [0.25, 0.3) is 10.8 Å². The molecule has 0 spiro atoms. The Morgan fingerprint density at radius 2 is 1.37 bits per heavy atom. The Morgan fingerprint density at radius 3 is 1.98 bits per heavy atom. The maximum Gasteiger partial charge on any atom is 0.337 e. The highest BCUT2D eigenvalue weighted by atomic mass is 16.5. The minimum atomic E-state index is -2.15. The molecule has 18 radical (unpaired) electrons. The van der Waals surface area contributed by atoms with Crippen LogP contribution in [0, 0.1) is 0 Å². The van der Waals surface area contributed by atoms with Gasteiger partial charge in [-0.05, 0) is 40.8 Å². The highest BCUT2D eigenvalue weighted by Gasteiger charge is 2.34. The lowest BCUT2D eigenvalue weighted by Crippen LogP contribution is -2.47. The van der Waals surface area contributed by atoms with Crippen molar-refractivity contribution >= 4 is 99.0 Å². The summed E-state index contributed by atoms with van der Waals surface area (Å²) in [7, 11) is 53.6. The van der Waals surface area contributed by atoms with E-state index in [1.54, 1.807) is 24.5 Å². The summed E-state index contributed by atoms with van der Waals surface area (Å²) in [5.74, 6) is -1.55. The van der Waals surface area contributed by atoms with Crippen molar-refractivity contribution in [3.05, 3.63) is 107 Å². The SMILES string of the molecule is [B]C([B])([B])c1ccc(C(=O)OC([B])([B])c2ccc(C([B])(CN)C(=O)Nc3ccc4cnccc4c3)cc2)c(C([B])([B])[B])c1. The third kappa shape index (κ3) is 7.04. The smallest absolute Gasteiger partial charge is 0.337 e. The number of anilines is 1. The van der Waals surface area contributed by atoms with Crippen LogP contribution in [0.4, 0.5) is 5.69 Å². The molecular weight excluding hydrogens is 524 g/mol. The Hall–Kier alpha value is -3.45. The van der Waals surface area contributed by atoms with Crippen molar-refractivity contribution in [3.8, 4) is 0 Å². The average Bonchev–Trinajstić information content (AvgIpc) is 2.95. The zero-order valence-electron chi connectivity index (χ0n) is 23.2. The Bertz CT molecular complexity index is 1670. The molecule has 0 bridgehead atoms. The number of pyridine rings is 1. The third-order valence-corrected chi connectivity index (χ3v) is 6.94. The fourth-order valence-corrected chi connectivity index (χ4v) is 4.39. The Morgan fingerprint density at radius 1 is 0.744 bits per heavy atom. The summed E-state index contributed by atoms with van der Waals surface area (Å²) in [6.07, 6.45) is 3.37. The molecule has 0 fully saturated rings. The minimum absolute atomic E-state index is 0.0724. The second-order valence-electron chi connectivity index (χ2n) is 10.5. The third-order valence-electron chi connectivity index (χ3n) is 6.94. The molecule has 1 amide bonds. The highest BCUT2D eigenvalue weighted by molar-refractivity contribution is 6.60. The minimum Gasteiger partial charge on any atom is -0.471 e. The van der Waals surface area contributed by atoms with Crippen LogP contribution in [0.15, 0.2) is 79.1 Å². The van der Waals surface area contributed by atoms with E-state index in [1.807, 2.05) is 12.1 Å².